The molecule has 13 nitrogen and oxygen atoms in total. The second kappa shape index (κ2) is 14.5. The van der Waals surface area contributed by atoms with E-state index in [9.17, 15) is 39.6 Å². The average molecular weight is 691 g/mol. The monoisotopic (exact) mass is 690 g/mol. The quantitative estimate of drug-likeness (QED) is 0.0504. The van der Waals surface area contributed by atoms with Crippen molar-refractivity contribution in [3.8, 4) is 11.5 Å². The van der Waals surface area contributed by atoms with Gasteiger partial charge in [-0.05, 0) is 62.1 Å². The smallest absolute Gasteiger partial charge is 0.340 e. The molecule has 0 aliphatic carbocycles. The first-order chi connectivity index (χ1) is 23.5. The molecule has 4 aromatic carbocycles. The molecule has 264 valence electrons. The summed E-state index contributed by atoms with van der Waals surface area (Å²) in [4.78, 5) is 88.9. The molecule has 0 radical (unpaired) electrons. The van der Waals surface area contributed by atoms with E-state index < -0.39 is 85.7 Å². The van der Waals surface area contributed by atoms with Crippen molar-refractivity contribution in [2.75, 3.05) is 0 Å². The highest BCUT2D eigenvalue weighted by atomic mass is 17.2. The first-order valence-electron chi connectivity index (χ1n) is 15.8. The van der Waals surface area contributed by atoms with Gasteiger partial charge in [-0.15, -0.1) is 0 Å². The summed E-state index contributed by atoms with van der Waals surface area (Å²) < 4.78 is 0. The van der Waals surface area contributed by atoms with E-state index >= 15 is 4.79 Å². The van der Waals surface area contributed by atoms with E-state index in [1.165, 1.54) is 48.5 Å². The van der Waals surface area contributed by atoms with Crippen molar-refractivity contribution in [2.24, 2.45) is 0 Å². The number of carboxylic acids is 4. The number of hydrogen-bond acceptors (Lipinski definition) is 9. The molecule has 0 fully saturated rings. The molecule has 0 amide bonds. The van der Waals surface area contributed by atoms with Crippen LogP contribution >= 0.6 is 0 Å². The first kappa shape index (κ1) is 37.3. The molecular weight excluding hydrogens is 652 g/mol. The van der Waals surface area contributed by atoms with Gasteiger partial charge >= 0.3 is 23.9 Å². The molecule has 0 spiro atoms. The van der Waals surface area contributed by atoms with Crippen LogP contribution in [0.3, 0.4) is 0 Å². The molecule has 50 heavy (non-hydrogen) atoms. The van der Waals surface area contributed by atoms with E-state index in [0.717, 1.165) is 0 Å². The van der Waals surface area contributed by atoms with Crippen LogP contribution in [0.25, 0.3) is 21.5 Å². The van der Waals surface area contributed by atoms with Crippen molar-refractivity contribution in [1.29, 1.82) is 0 Å². The maximum atomic E-state index is 15.2. The van der Waals surface area contributed by atoms with E-state index in [1.54, 1.807) is 27.7 Å². The molecule has 4 N–H and O–H groups in total. The SMILES string of the molecule is CCCC(C)(C)OOc1c(C(=O)O)c(C(=O)O)c2ccccc2c1C(=O)c1c(OOC(C)(C)CCC)c(C(=O)O)c(C(=O)O)c2ccccc12. The van der Waals surface area contributed by atoms with Gasteiger partial charge in [0, 0.05) is 0 Å². The van der Waals surface area contributed by atoms with Gasteiger partial charge in [0.1, 0.15) is 22.3 Å². The minimum atomic E-state index is -1.76. The number of carboxylic acid groups (broad SMARTS) is 4. The Hall–Kier alpha value is -5.53. The van der Waals surface area contributed by atoms with Gasteiger partial charge < -0.3 is 30.2 Å². The van der Waals surface area contributed by atoms with Gasteiger partial charge in [0.15, 0.2) is 11.5 Å². The van der Waals surface area contributed by atoms with Gasteiger partial charge in [-0.1, -0.05) is 75.2 Å². The van der Waals surface area contributed by atoms with Gasteiger partial charge in [0.25, 0.3) is 0 Å². The van der Waals surface area contributed by atoms with Crippen LogP contribution in [0.2, 0.25) is 0 Å². The Labute approximate surface area is 286 Å². The highest BCUT2D eigenvalue weighted by molar-refractivity contribution is 6.30. The number of rotatable bonds is 16. The van der Waals surface area contributed by atoms with E-state index in [1.807, 2.05) is 13.8 Å². The Kier molecular flexibility index (Phi) is 10.8. The Morgan fingerprint density at radius 3 is 1.04 bits per heavy atom. The molecule has 0 saturated heterocycles. The minimum Gasteiger partial charge on any atom is -0.478 e. The van der Waals surface area contributed by atoms with Crippen molar-refractivity contribution >= 4 is 51.2 Å². The van der Waals surface area contributed by atoms with Crippen molar-refractivity contribution in [2.45, 2.75) is 78.4 Å². The summed E-state index contributed by atoms with van der Waals surface area (Å²) in [5.41, 5.74) is -6.27. The number of benzene rings is 4. The predicted molar refractivity (Wildman–Crippen MR) is 181 cm³/mol. The largest absolute Gasteiger partial charge is 0.478 e. The highest BCUT2D eigenvalue weighted by Crippen LogP contribution is 2.44. The summed E-state index contributed by atoms with van der Waals surface area (Å²) >= 11 is 0. The topological polar surface area (TPSA) is 203 Å². The van der Waals surface area contributed by atoms with Gasteiger partial charge in [0.2, 0.25) is 5.78 Å². The van der Waals surface area contributed by atoms with Crippen LogP contribution in [0.5, 0.6) is 11.5 Å². The van der Waals surface area contributed by atoms with Gasteiger partial charge in [0.05, 0.1) is 22.3 Å². The summed E-state index contributed by atoms with van der Waals surface area (Å²) in [7, 11) is 0. The lowest BCUT2D eigenvalue weighted by molar-refractivity contribution is -0.283. The number of hydrogen-bond donors (Lipinski definition) is 4. The molecule has 13 heteroatoms. The molecule has 0 heterocycles. The lowest BCUT2D eigenvalue weighted by Crippen LogP contribution is -2.28. The maximum Gasteiger partial charge on any atom is 0.340 e. The average Bonchev–Trinajstić information content (AvgIpc) is 3.03. The maximum absolute atomic E-state index is 15.2. The van der Waals surface area contributed by atoms with E-state index in [-0.39, 0.29) is 21.5 Å². The third-order valence-corrected chi connectivity index (χ3v) is 8.05. The van der Waals surface area contributed by atoms with E-state index in [4.69, 9.17) is 19.6 Å². The fourth-order valence-electron chi connectivity index (χ4n) is 6.02. The zero-order chi connectivity index (χ0) is 37.1. The second-order valence-electron chi connectivity index (χ2n) is 12.9. The van der Waals surface area contributed by atoms with Crippen molar-refractivity contribution in [3.05, 3.63) is 81.9 Å². The molecule has 0 aliphatic heterocycles. The summed E-state index contributed by atoms with van der Waals surface area (Å²) in [6, 6.07) is 11.3. The zero-order valence-corrected chi connectivity index (χ0v) is 28.4. The van der Waals surface area contributed by atoms with Crippen LogP contribution in [0.4, 0.5) is 0 Å². The van der Waals surface area contributed by atoms with Crippen molar-refractivity contribution in [3.63, 3.8) is 0 Å². The van der Waals surface area contributed by atoms with E-state index in [0.29, 0.717) is 25.7 Å². The van der Waals surface area contributed by atoms with Gasteiger partial charge in [-0.3, -0.25) is 4.79 Å². The Morgan fingerprint density at radius 1 is 0.500 bits per heavy atom. The van der Waals surface area contributed by atoms with Crippen LogP contribution in [-0.2, 0) is 9.78 Å². The molecule has 0 bridgehead atoms. The van der Waals surface area contributed by atoms with Crippen LogP contribution in [0.15, 0.2) is 48.5 Å². The number of carbonyl (C=O) groups excluding carboxylic acids is 1. The molecule has 4 rings (SSSR count). The number of carbonyl (C=O) groups is 5. The molecule has 4 aromatic rings. The summed E-state index contributed by atoms with van der Waals surface area (Å²) in [6.45, 7) is 10.3. The highest BCUT2D eigenvalue weighted by Gasteiger charge is 2.38. The summed E-state index contributed by atoms with van der Waals surface area (Å²) in [5.74, 6) is -9.38. The lowest BCUT2D eigenvalue weighted by atomic mass is 9.85. The predicted octanol–water partition coefficient (Wildman–Crippen LogP) is 7.80. The standard InChI is InChI=1S/C37H38O13/c1-7-17-36(3,4)49-47-30-25(21-15-11-9-13-19(21)23(32(39)40)27(30)34(43)44)29(38)26-22-16-12-10-14-20(22)24(33(41)42)28(35(45)46)31(26)48-50-37(5,6)18-8-2/h9-16H,7-8,17-18H2,1-6H3,(H,39,40)(H,41,42)(H,43,44)(H,45,46). The summed E-state index contributed by atoms with van der Waals surface area (Å²) in [6.07, 6.45) is 2.09. The molecular formula is C37H38O13. The van der Waals surface area contributed by atoms with Crippen molar-refractivity contribution in [1.82, 2.24) is 0 Å². The Bertz CT molecular complexity index is 1880. The molecule has 0 aliphatic rings. The third kappa shape index (κ3) is 7.24. The van der Waals surface area contributed by atoms with Gasteiger partial charge in [-0.25, -0.2) is 19.2 Å². The van der Waals surface area contributed by atoms with Crippen LogP contribution in [-0.4, -0.2) is 61.3 Å². The Morgan fingerprint density at radius 2 is 0.780 bits per heavy atom. The molecule has 0 unspecified atom stereocenters. The number of aromatic carboxylic acids is 4. The fraction of sp³-hybridized carbons (Fsp3) is 0.324. The first-order valence-corrected chi connectivity index (χ1v) is 15.8. The third-order valence-electron chi connectivity index (χ3n) is 8.05. The molecule has 0 aromatic heterocycles. The minimum absolute atomic E-state index is 0.0757. The normalized spacial score (nSPS) is 11.8. The van der Waals surface area contributed by atoms with Crippen LogP contribution in [0, 0.1) is 0 Å². The molecule has 0 atom stereocenters. The van der Waals surface area contributed by atoms with Crippen LogP contribution in [0.1, 0.15) is 125 Å². The Balaban J connectivity index is 2.24. The fourth-order valence-corrected chi connectivity index (χ4v) is 6.02. The summed E-state index contributed by atoms with van der Waals surface area (Å²) in [5, 5.41) is 40.9. The van der Waals surface area contributed by atoms with Crippen molar-refractivity contribution < 1.29 is 63.9 Å². The molecule has 0 saturated carbocycles. The van der Waals surface area contributed by atoms with Gasteiger partial charge in [-0.2, -0.15) is 9.78 Å². The van der Waals surface area contributed by atoms with Crippen LogP contribution < -0.4 is 9.78 Å². The second-order valence-corrected chi connectivity index (χ2v) is 12.9. The van der Waals surface area contributed by atoms with E-state index in [2.05, 4.69) is 0 Å². The number of ketones is 1. The zero-order valence-electron chi connectivity index (χ0n) is 28.4. The number of fused-ring (bicyclic) bond motifs is 2. The lowest BCUT2D eigenvalue weighted by Gasteiger charge is -2.26.